The number of likely N-dealkylation sites (N-methyl/N-ethyl adjacent to an activating group) is 2. The van der Waals surface area contributed by atoms with Gasteiger partial charge in [0.25, 0.3) is 0 Å². The zero-order valence-corrected chi connectivity index (χ0v) is 11.4. The second-order valence-electron chi connectivity index (χ2n) is 5.73. The van der Waals surface area contributed by atoms with Crippen LogP contribution in [0.2, 0.25) is 0 Å². The molecule has 100 valence electrons. The number of likely N-dealkylation sites (tertiary alicyclic amines) is 2. The molecule has 2 saturated heterocycles. The summed E-state index contributed by atoms with van der Waals surface area (Å²) in [5, 5.41) is 0. The van der Waals surface area contributed by atoms with Crippen LogP contribution in [-0.2, 0) is 0 Å². The maximum Gasteiger partial charge on any atom is 0.0235 e. The Bertz CT molecular complexity index is 225. The van der Waals surface area contributed by atoms with E-state index in [9.17, 15) is 0 Å². The van der Waals surface area contributed by atoms with Gasteiger partial charge in [0.2, 0.25) is 0 Å². The molecule has 0 saturated carbocycles. The van der Waals surface area contributed by atoms with Gasteiger partial charge in [0, 0.05) is 31.7 Å². The van der Waals surface area contributed by atoms with Crippen molar-refractivity contribution in [3.05, 3.63) is 0 Å². The number of hydrogen-bond donors (Lipinski definition) is 1. The number of nitrogens with two attached hydrogens (primary N) is 1. The van der Waals surface area contributed by atoms with Crippen LogP contribution in [0.15, 0.2) is 0 Å². The Morgan fingerprint density at radius 2 is 1.76 bits per heavy atom. The van der Waals surface area contributed by atoms with Gasteiger partial charge in [-0.15, -0.1) is 0 Å². The van der Waals surface area contributed by atoms with Crippen molar-refractivity contribution in [2.24, 2.45) is 5.73 Å². The number of rotatable bonds is 4. The van der Waals surface area contributed by atoms with Crippen LogP contribution in [0.5, 0.6) is 0 Å². The summed E-state index contributed by atoms with van der Waals surface area (Å²) in [5.74, 6) is 0. The molecule has 2 fully saturated rings. The minimum absolute atomic E-state index is 0.783. The van der Waals surface area contributed by atoms with Gasteiger partial charge < -0.3 is 15.5 Å². The topological polar surface area (TPSA) is 35.7 Å². The fraction of sp³-hybridized carbons (Fsp3) is 1.00. The van der Waals surface area contributed by atoms with Crippen LogP contribution in [-0.4, -0.2) is 80.1 Å². The molecule has 0 bridgehead atoms. The monoisotopic (exact) mass is 240 g/mol. The van der Waals surface area contributed by atoms with Crippen molar-refractivity contribution in [3.8, 4) is 0 Å². The lowest BCUT2D eigenvalue weighted by Crippen LogP contribution is -2.48. The predicted molar refractivity (Wildman–Crippen MR) is 72.2 cm³/mol. The number of hydrogen-bond acceptors (Lipinski definition) is 4. The Morgan fingerprint density at radius 1 is 1.12 bits per heavy atom. The molecular weight excluding hydrogens is 212 g/mol. The van der Waals surface area contributed by atoms with Gasteiger partial charge in [-0.2, -0.15) is 0 Å². The molecule has 4 nitrogen and oxygen atoms in total. The molecular formula is C13H28N4. The van der Waals surface area contributed by atoms with Gasteiger partial charge >= 0.3 is 0 Å². The first-order valence-electron chi connectivity index (χ1n) is 7.03. The Balaban J connectivity index is 1.76. The van der Waals surface area contributed by atoms with Crippen LogP contribution in [0.3, 0.4) is 0 Å². The van der Waals surface area contributed by atoms with E-state index in [1.807, 2.05) is 0 Å². The number of piperidine rings is 1. The molecule has 0 radical (unpaired) electrons. The largest absolute Gasteiger partial charge is 0.329 e. The molecule has 2 rings (SSSR count). The highest BCUT2D eigenvalue weighted by molar-refractivity contribution is 4.86. The summed E-state index contributed by atoms with van der Waals surface area (Å²) in [5.41, 5.74) is 5.61. The average molecular weight is 240 g/mol. The Labute approximate surface area is 106 Å². The van der Waals surface area contributed by atoms with Gasteiger partial charge in [0.05, 0.1) is 0 Å². The summed E-state index contributed by atoms with van der Waals surface area (Å²) >= 11 is 0. The van der Waals surface area contributed by atoms with Crippen molar-refractivity contribution in [2.45, 2.75) is 31.3 Å². The van der Waals surface area contributed by atoms with E-state index in [0.717, 1.165) is 25.2 Å². The Hall–Kier alpha value is -0.160. The summed E-state index contributed by atoms with van der Waals surface area (Å²) in [6.07, 6.45) is 3.98. The quantitative estimate of drug-likeness (QED) is 0.753. The highest BCUT2D eigenvalue weighted by Crippen LogP contribution is 2.21. The smallest absolute Gasteiger partial charge is 0.0235 e. The van der Waals surface area contributed by atoms with Crippen LogP contribution in [0.25, 0.3) is 0 Å². The third kappa shape index (κ3) is 3.41. The Morgan fingerprint density at radius 3 is 2.29 bits per heavy atom. The molecule has 0 aromatic carbocycles. The molecule has 2 heterocycles. The minimum atomic E-state index is 0.783. The second-order valence-corrected chi connectivity index (χ2v) is 5.73. The van der Waals surface area contributed by atoms with Crippen molar-refractivity contribution < 1.29 is 0 Å². The van der Waals surface area contributed by atoms with Crippen molar-refractivity contribution in [1.82, 2.24) is 14.7 Å². The molecule has 0 aromatic rings. The Kier molecular flexibility index (Phi) is 4.79. The fourth-order valence-electron chi connectivity index (χ4n) is 3.28. The van der Waals surface area contributed by atoms with Gasteiger partial charge in [-0.3, -0.25) is 4.90 Å². The van der Waals surface area contributed by atoms with E-state index in [1.54, 1.807) is 0 Å². The standard InChI is InChI=1S/C13H28N4/c1-15-7-3-13(11-15)16(2)12-4-8-17(9-5-12)10-6-14/h12-13H,3-11,14H2,1-2H3. The van der Waals surface area contributed by atoms with E-state index in [4.69, 9.17) is 5.73 Å². The van der Waals surface area contributed by atoms with E-state index < -0.39 is 0 Å². The van der Waals surface area contributed by atoms with Crippen LogP contribution in [0.4, 0.5) is 0 Å². The third-order valence-electron chi connectivity index (χ3n) is 4.52. The molecule has 0 spiro atoms. The molecule has 17 heavy (non-hydrogen) atoms. The highest BCUT2D eigenvalue weighted by atomic mass is 15.3. The van der Waals surface area contributed by atoms with Crippen LogP contribution in [0, 0.1) is 0 Å². The third-order valence-corrected chi connectivity index (χ3v) is 4.52. The van der Waals surface area contributed by atoms with E-state index in [2.05, 4.69) is 28.8 Å². The minimum Gasteiger partial charge on any atom is -0.329 e. The van der Waals surface area contributed by atoms with Gasteiger partial charge in [-0.1, -0.05) is 0 Å². The van der Waals surface area contributed by atoms with E-state index in [0.29, 0.717) is 0 Å². The first kappa shape index (κ1) is 13.3. The van der Waals surface area contributed by atoms with Crippen molar-refractivity contribution in [1.29, 1.82) is 0 Å². The first-order valence-corrected chi connectivity index (χ1v) is 7.03. The van der Waals surface area contributed by atoms with Crippen molar-refractivity contribution >= 4 is 0 Å². The molecule has 2 aliphatic heterocycles. The zero-order chi connectivity index (χ0) is 12.3. The molecule has 1 unspecified atom stereocenters. The van der Waals surface area contributed by atoms with Crippen molar-refractivity contribution in [3.63, 3.8) is 0 Å². The summed E-state index contributed by atoms with van der Waals surface area (Å²) in [7, 11) is 4.56. The summed E-state index contributed by atoms with van der Waals surface area (Å²) in [6.45, 7) is 6.85. The molecule has 0 amide bonds. The summed E-state index contributed by atoms with van der Waals surface area (Å²) in [4.78, 5) is 7.60. The highest BCUT2D eigenvalue weighted by Gasteiger charge is 2.29. The lowest BCUT2D eigenvalue weighted by atomic mass is 10.0. The lowest BCUT2D eigenvalue weighted by Gasteiger charge is -2.39. The van der Waals surface area contributed by atoms with Crippen LogP contribution >= 0.6 is 0 Å². The molecule has 2 N–H and O–H groups in total. The molecule has 1 atom stereocenters. The zero-order valence-electron chi connectivity index (χ0n) is 11.4. The maximum atomic E-state index is 5.61. The normalized spacial score (nSPS) is 29.3. The van der Waals surface area contributed by atoms with Gasteiger partial charge in [0.15, 0.2) is 0 Å². The van der Waals surface area contributed by atoms with Gasteiger partial charge in [-0.05, 0) is 53.0 Å². The fourth-order valence-corrected chi connectivity index (χ4v) is 3.28. The van der Waals surface area contributed by atoms with E-state index >= 15 is 0 Å². The number of nitrogens with zero attached hydrogens (tertiary/aromatic N) is 3. The molecule has 4 heteroatoms. The lowest BCUT2D eigenvalue weighted by molar-refractivity contribution is 0.100. The van der Waals surface area contributed by atoms with Gasteiger partial charge in [-0.25, -0.2) is 0 Å². The van der Waals surface area contributed by atoms with Crippen molar-refractivity contribution in [2.75, 3.05) is 53.4 Å². The molecule has 2 aliphatic rings. The van der Waals surface area contributed by atoms with E-state index in [-0.39, 0.29) is 0 Å². The maximum absolute atomic E-state index is 5.61. The summed E-state index contributed by atoms with van der Waals surface area (Å²) < 4.78 is 0. The van der Waals surface area contributed by atoms with Crippen LogP contribution < -0.4 is 5.73 Å². The van der Waals surface area contributed by atoms with Gasteiger partial charge in [0.1, 0.15) is 0 Å². The predicted octanol–water partition coefficient (Wildman–Crippen LogP) is 0.0454. The molecule has 0 aliphatic carbocycles. The first-order chi connectivity index (χ1) is 8.20. The van der Waals surface area contributed by atoms with E-state index in [1.165, 1.54) is 45.4 Å². The molecule has 0 aromatic heterocycles. The summed E-state index contributed by atoms with van der Waals surface area (Å²) in [6, 6.07) is 1.58. The average Bonchev–Trinajstić information content (AvgIpc) is 2.76. The van der Waals surface area contributed by atoms with Crippen LogP contribution in [0.1, 0.15) is 19.3 Å². The second kappa shape index (κ2) is 6.14. The SMILES string of the molecule is CN1CCC(N(C)C2CCN(CCN)CC2)C1.